The van der Waals surface area contributed by atoms with Gasteiger partial charge in [0, 0.05) is 25.2 Å². The summed E-state index contributed by atoms with van der Waals surface area (Å²) in [7, 11) is -4.70. The number of benzene rings is 1. The van der Waals surface area contributed by atoms with Crippen LogP contribution in [0.25, 0.3) is 0 Å². The summed E-state index contributed by atoms with van der Waals surface area (Å²) < 4.78 is 16.9. The predicted octanol–water partition coefficient (Wildman–Crippen LogP) is 0.418. The minimum atomic E-state index is -4.70. The van der Waals surface area contributed by atoms with Crippen LogP contribution >= 0.6 is 7.60 Å². The molecule has 1 aromatic carbocycles. The maximum Gasteiger partial charge on any atom is 0.354 e. The van der Waals surface area contributed by atoms with Gasteiger partial charge in [-0.25, -0.2) is 4.99 Å². The molecule has 0 saturated carbocycles. The third-order valence-corrected chi connectivity index (χ3v) is 4.34. The summed E-state index contributed by atoms with van der Waals surface area (Å²) in [6, 6.07) is 5.03. The van der Waals surface area contributed by atoms with Crippen LogP contribution in [0.5, 0.6) is 0 Å². The van der Waals surface area contributed by atoms with Crippen LogP contribution in [-0.2, 0) is 9.30 Å². The van der Waals surface area contributed by atoms with E-state index in [0.717, 1.165) is 6.07 Å². The fourth-order valence-electron chi connectivity index (χ4n) is 2.14. The Balaban J connectivity index is 2.36. The SMILES string of the molecule is N/C(=N\C(c1cccc([N+](=O)[O-])c1)P(=O)(O)O)N1CCOCC1. The molecule has 1 saturated heterocycles. The van der Waals surface area contributed by atoms with Crippen molar-refractivity contribution in [3.05, 3.63) is 39.9 Å². The number of nitro benzene ring substituents is 1. The van der Waals surface area contributed by atoms with E-state index in [-0.39, 0.29) is 17.2 Å². The molecule has 11 heteroatoms. The highest BCUT2D eigenvalue weighted by Gasteiger charge is 2.32. The number of rotatable bonds is 4. The van der Waals surface area contributed by atoms with Crippen molar-refractivity contribution in [3.8, 4) is 0 Å². The lowest BCUT2D eigenvalue weighted by Crippen LogP contribution is -2.45. The third-order valence-electron chi connectivity index (χ3n) is 3.29. The first-order valence-electron chi connectivity index (χ1n) is 6.74. The molecule has 10 nitrogen and oxygen atoms in total. The molecular weight excluding hydrogens is 327 g/mol. The molecule has 1 heterocycles. The van der Waals surface area contributed by atoms with Gasteiger partial charge < -0.3 is 25.2 Å². The topological polar surface area (TPSA) is 152 Å². The number of aliphatic imine (C=N–C) groups is 1. The van der Waals surface area contributed by atoms with Crippen LogP contribution in [0.3, 0.4) is 0 Å². The minimum Gasteiger partial charge on any atom is -0.378 e. The number of morpholine rings is 1. The largest absolute Gasteiger partial charge is 0.378 e. The van der Waals surface area contributed by atoms with Gasteiger partial charge in [-0.05, 0) is 5.56 Å². The summed E-state index contributed by atoms with van der Waals surface area (Å²) in [5.74, 6) is -1.63. The highest BCUT2D eigenvalue weighted by Crippen LogP contribution is 2.53. The molecule has 1 aliphatic rings. The van der Waals surface area contributed by atoms with Gasteiger partial charge in [-0.1, -0.05) is 12.1 Å². The molecule has 1 unspecified atom stereocenters. The molecule has 0 radical (unpaired) electrons. The van der Waals surface area contributed by atoms with Crippen molar-refractivity contribution in [2.75, 3.05) is 26.3 Å². The third kappa shape index (κ3) is 4.49. The fourth-order valence-corrected chi connectivity index (χ4v) is 2.96. The van der Waals surface area contributed by atoms with Crippen LogP contribution in [-0.4, -0.2) is 51.9 Å². The van der Waals surface area contributed by atoms with Crippen molar-refractivity contribution < 1.29 is 24.0 Å². The maximum absolute atomic E-state index is 11.8. The number of nitrogens with two attached hydrogens (primary N) is 1. The van der Waals surface area contributed by atoms with Crippen LogP contribution in [0.1, 0.15) is 11.3 Å². The highest BCUT2D eigenvalue weighted by molar-refractivity contribution is 7.52. The van der Waals surface area contributed by atoms with E-state index in [9.17, 15) is 24.5 Å². The number of hydrogen-bond acceptors (Lipinski definition) is 5. The lowest BCUT2D eigenvalue weighted by Gasteiger charge is -2.28. The highest BCUT2D eigenvalue weighted by atomic mass is 31.2. The predicted molar refractivity (Wildman–Crippen MR) is 81.9 cm³/mol. The Morgan fingerprint density at radius 1 is 1.43 bits per heavy atom. The van der Waals surface area contributed by atoms with Crippen LogP contribution in [0.4, 0.5) is 5.69 Å². The molecule has 0 amide bonds. The standard InChI is InChI=1S/C12H17N4O6P/c13-12(15-4-6-22-7-5-15)14-11(23(19,20)21)9-2-1-3-10(8-9)16(17)18/h1-3,8,11H,4-7H2,(H2,13,14)(H2,19,20,21). The van der Waals surface area contributed by atoms with E-state index in [1.54, 1.807) is 4.90 Å². The van der Waals surface area contributed by atoms with E-state index < -0.39 is 18.3 Å². The quantitative estimate of drug-likeness (QED) is 0.234. The minimum absolute atomic E-state index is 0.0312. The van der Waals surface area contributed by atoms with Gasteiger partial charge in [0.25, 0.3) is 5.69 Å². The number of non-ortho nitro benzene ring substituents is 1. The smallest absolute Gasteiger partial charge is 0.354 e. The molecule has 1 aliphatic heterocycles. The molecule has 1 aromatic rings. The summed E-state index contributed by atoms with van der Waals surface area (Å²) in [5.41, 5.74) is 5.58. The summed E-state index contributed by atoms with van der Waals surface area (Å²) in [5, 5.41) is 10.8. The lowest BCUT2D eigenvalue weighted by atomic mass is 10.2. The van der Waals surface area contributed by atoms with Gasteiger partial charge in [0.05, 0.1) is 18.1 Å². The summed E-state index contributed by atoms with van der Waals surface area (Å²) in [6.45, 7) is 1.79. The molecule has 2 rings (SSSR count). The Hall–Kier alpha value is -2.00. The van der Waals surface area contributed by atoms with Gasteiger partial charge in [-0.3, -0.25) is 14.7 Å². The van der Waals surface area contributed by atoms with Crippen molar-refractivity contribution in [2.45, 2.75) is 5.78 Å². The molecule has 4 N–H and O–H groups in total. The number of nitrogens with zero attached hydrogens (tertiary/aromatic N) is 3. The molecule has 1 fully saturated rings. The molecule has 0 aliphatic carbocycles. The van der Waals surface area contributed by atoms with Gasteiger partial charge in [0.1, 0.15) is 0 Å². The van der Waals surface area contributed by atoms with E-state index in [0.29, 0.717) is 26.3 Å². The van der Waals surface area contributed by atoms with Crippen molar-refractivity contribution in [1.82, 2.24) is 4.90 Å². The fraction of sp³-hybridized carbons (Fsp3) is 0.417. The van der Waals surface area contributed by atoms with E-state index in [1.165, 1.54) is 18.2 Å². The number of hydrogen-bond donors (Lipinski definition) is 3. The Morgan fingerprint density at radius 2 is 2.09 bits per heavy atom. The van der Waals surface area contributed by atoms with Crippen molar-refractivity contribution >= 4 is 19.2 Å². The Morgan fingerprint density at radius 3 is 2.65 bits per heavy atom. The number of guanidine groups is 1. The zero-order chi connectivity index (χ0) is 17.0. The molecule has 1 atom stereocenters. The normalized spacial score (nSPS) is 17.8. The zero-order valence-electron chi connectivity index (χ0n) is 12.1. The van der Waals surface area contributed by atoms with Crippen LogP contribution in [0.2, 0.25) is 0 Å². The van der Waals surface area contributed by atoms with Crippen LogP contribution in [0.15, 0.2) is 29.3 Å². The summed E-state index contributed by atoms with van der Waals surface area (Å²) >= 11 is 0. The van der Waals surface area contributed by atoms with Gasteiger partial charge >= 0.3 is 7.60 Å². The average molecular weight is 344 g/mol. The number of ether oxygens (including phenoxy) is 1. The first-order chi connectivity index (χ1) is 10.8. The monoisotopic (exact) mass is 344 g/mol. The summed E-state index contributed by atoms with van der Waals surface area (Å²) in [4.78, 5) is 34.8. The molecule has 0 aromatic heterocycles. The van der Waals surface area contributed by atoms with E-state index >= 15 is 0 Å². The maximum atomic E-state index is 11.8. The second kappa shape index (κ2) is 7.05. The first kappa shape index (κ1) is 17.4. The van der Waals surface area contributed by atoms with E-state index in [2.05, 4.69) is 4.99 Å². The number of nitro groups is 1. The second-order valence-corrected chi connectivity index (χ2v) is 6.57. The van der Waals surface area contributed by atoms with Gasteiger partial charge in [0.15, 0.2) is 11.7 Å². The van der Waals surface area contributed by atoms with Crippen LogP contribution < -0.4 is 5.73 Å². The van der Waals surface area contributed by atoms with E-state index in [1.807, 2.05) is 0 Å². The van der Waals surface area contributed by atoms with Gasteiger partial charge in [-0.15, -0.1) is 0 Å². The van der Waals surface area contributed by atoms with Gasteiger partial charge in [0.2, 0.25) is 0 Å². The Bertz CT molecular complexity index is 655. The molecular formula is C12H17N4O6P. The average Bonchev–Trinajstić information content (AvgIpc) is 2.52. The first-order valence-corrected chi connectivity index (χ1v) is 8.43. The van der Waals surface area contributed by atoms with Gasteiger partial charge in [-0.2, -0.15) is 0 Å². The summed E-state index contributed by atoms with van der Waals surface area (Å²) in [6.07, 6.45) is 0. The van der Waals surface area contributed by atoms with Crippen molar-refractivity contribution in [2.24, 2.45) is 10.7 Å². The van der Waals surface area contributed by atoms with Crippen molar-refractivity contribution in [1.29, 1.82) is 0 Å². The molecule has 23 heavy (non-hydrogen) atoms. The molecule has 126 valence electrons. The van der Waals surface area contributed by atoms with Crippen LogP contribution in [0, 0.1) is 10.1 Å². The molecule has 0 bridgehead atoms. The Labute approximate surface area is 131 Å². The molecule has 0 spiro atoms. The zero-order valence-corrected chi connectivity index (χ0v) is 13.0. The Kier molecular flexibility index (Phi) is 5.32. The van der Waals surface area contributed by atoms with E-state index in [4.69, 9.17) is 10.5 Å². The lowest BCUT2D eigenvalue weighted by molar-refractivity contribution is -0.384. The second-order valence-electron chi connectivity index (χ2n) is 4.90. The van der Waals surface area contributed by atoms with Crippen molar-refractivity contribution in [3.63, 3.8) is 0 Å².